The Balaban J connectivity index is 2.18. The predicted molar refractivity (Wildman–Crippen MR) is 94.9 cm³/mol. The van der Waals surface area contributed by atoms with E-state index in [1.54, 1.807) is 54.6 Å². The largest absolute Gasteiger partial charge is 0.492 e. The summed E-state index contributed by atoms with van der Waals surface area (Å²) in [5.74, 6) is 0.0930. The number of ether oxygens (including phenoxy) is 1. The molecule has 0 saturated heterocycles. The molecule has 2 aromatic rings. The molecule has 1 amide bonds. The van der Waals surface area contributed by atoms with Crippen LogP contribution in [0.4, 0.5) is 11.4 Å². The number of para-hydroxylation sites is 3. The summed E-state index contributed by atoms with van der Waals surface area (Å²) in [6.45, 7) is 2.00. The molecule has 0 unspecified atom stereocenters. The molecule has 0 fully saturated rings. The molecule has 0 aromatic heterocycles. The standard InChI is InChI=1S/C17H20N2O4S/c1-3-23-16-12-8-7-11-15(16)18-17(20)13-19(24(2,21)22)14-9-5-4-6-10-14/h4-12H,3,13H2,1-2H3,(H,18,20). The minimum Gasteiger partial charge on any atom is -0.492 e. The molecule has 2 aromatic carbocycles. The van der Waals surface area contributed by atoms with Gasteiger partial charge in [-0.25, -0.2) is 8.42 Å². The highest BCUT2D eigenvalue weighted by atomic mass is 32.2. The average Bonchev–Trinajstić information content (AvgIpc) is 2.54. The molecule has 0 aliphatic carbocycles. The van der Waals surface area contributed by atoms with Crippen molar-refractivity contribution in [2.24, 2.45) is 0 Å². The van der Waals surface area contributed by atoms with Gasteiger partial charge in [-0.05, 0) is 31.2 Å². The molecule has 0 saturated carbocycles. The van der Waals surface area contributed by atoms with Crippen molar-refractivity contribution in [1.29, 1.82) is 0 Å². The molecule has 0 aliphatic rings. The van der Waals surface area contributed by atoms with Crippen LogP contribution >= 0.6 is 0 Å². The third kappa shape index (κ3) is 4.73. The number of hydrogen-bond acceptors (Lipinski definition) is 4. The van der Waals surface area contributed by atoms with Crippen LogP contribution in [0.2, 0.25) is 0 Å². The van der Waals surface area contributed by atoms with Gasteiger partial charge < -0.3 is 10.1 Å². The highest BCUT2D eigenvalue weighted by Crippen LogP contribution is 2.24. The fourth-order valence-corrected chi connectivity index (χ4v) is 3.02. The number of hydrogen-bond donors (Lipinski definition) is 1. The van der Waals surface area contributed by atoms with E-state index in [-0.39, 0.29) is 6.54 Å². The molecular weight excluding hydrogens is 328 g/mol. The lowest BCUT2D eigenvalue weighted by molar-refractivity contribution is -0.114. The van der Waals surface area contributed by atoms with Crippen molar-refractivity contribution in [3.05, 3.63) is 54.6 Å². The molecule has 1 N–H and O–H groups in total. The second-order valence-electron chi connectivity index (χ2n) is 5.08. The first-order valence-electron chi connectivity index (χ1n) is 7.46. The summed E-state index contributed by atoms with van der Waals surface area (Å²) in [6, 6.07) is 15.5. The molecular formula is C17H20N2O4S. The highest BCUT2D eigenvalue weighted by molar-refractivity contribution is 7.92. The van der Waals surface area contributed by atoms with E-state index in [2.05, 4.69) is 5.32 Å². The first-order valence-corrected chi connectivity index (χ1v) is 9.31. The van der Waals surface area contributed by atoms with E-state index < -0.39 is 15.9 Å². The zero-order chi connectivity index (χ0) is 17.6. The summed E-state index contributed by atoms with van der Waals surface area (Å²) in [6.07, 6.45) is 1.07. The van der Waals surface area contributed by atoms with Crippen molar-refractivity contribution >= 4 is 27.3 Å². The number of benzene rings is 2. The number of anilines is 2. The Hall–Kier alpha value is -2.54. The summed E-state index contributed by atoms with van der Waals surface area (Å²) < 4.78 is 30.5. The molecule has 0 atom stereocenters. The van der Waals surface area contributed by atoms with Gasteiger partial charge in [0.1, 0.15) is 12.3 Å². The summed E-state index contributed by atoms with van der Waals surface area (Å²) in [5.41, 5.74) is 0.944. The van der Waals surface area contributed by atoms with Crippen molar-refractivity contribution in [2.75, 3.05) is 29.0 Å². The number of rotatable bonds is 7. The van der Waals surface area contributed by atoms with E-state index in [4.69, 9.17) is 4.74 Å². The molecule has 0 aliphatic heterocycles. The Morgan fingerprint density at radius 3 is 2.33 bits per heavy atom. The normalized spacial score (nSPS) is 10.9. The molecule has 24 heavy (non-hydrogen) atoms. The third-order valence-corrected chi connectivity index (χ3v) is 4.33. The number of carbonyl (C=O) groups excluding carboxylic acids is 1. The molecule has 0 heterocycles. The van der Waals surface area contributed by atoms with E-state index in [1.807, 2.05) is 6.92 Å². The Morgan fingerprint density at radius 1 is 1.08 bits per heavy atom. The topological polar surface area (TPSA) is 75.7 Å². The van der Waals surface area contributed by atoms with Crippen LogP contribution in [-0.2, 0) is 14.8 Å². The van der Waals surface area contributed by atoms with Gasteiger partial charge in [0.2, 0.25) is 15.9 Å². The number of amides is 1. The van der Waals surface area contributed by atoms with Crippen LogP contribution in [0.5, 0.6) is 5.75 Å². The van der Waals surface area contributed by atoms with Gasteiger partial charge >= 0.3 is 0 Å². The van der Waals surface area contributed by atoms with Crippen LogP contribution in [0.1, 0.15) is 6.92 Å². The second kappa shape index (κ2) is 7.83. The van der Waals surface area contributed by atoms with Crippen LogP contribution in [0.25, 0.3) is 0 Å². The van der Waals surface area contributed by atoms with Crippen molar-refractivity contribution in [3.8, 4) is 5.75 Å². The van der Waals surface area contributed by atoms with Crippen LogP contribution in [0.3, 0.4) is 0 Å². The van der Waals surface area contributed by atoms with E-state index in [9.17, 15) is 13.2 Å². The third-order valence-electron chi connectivity index (χ3n) is 3.19. The van der Waals surface area contributed by atoms with Gasteiger partial charge in [0.05, 0.1) is 24.2 Å². The van der Waals surface area contributed by atoms with E-state index in [0.717, 1.165) is 10.6 Å². The zero-order valence-corrected chi connectivity index (χ0v) is 14.4. The van der Waals surface area contributed by atoms with Crippen molar-refractivity contribution < 1.29 is 17.9 Å². The molecule has 0 bridgehead atoms. The molecule has 6 nitrogen and oxygen atoms in total. The molecule has 2 rings (SSSR count). The SMILES string of the molecule is CCOc1ccccc1NC(=O)CN(c1ccccc1)S(C)(=O)=O. The van der Waals surface area contributed by atoms with Crippen LogP contribution in [0, 0.1) is 0 Å². The molecule has 7 heteroatoms. The smallest absolute Gasteiger partial charge is 0.245 e. The minimum absolute atomic E-state index is 0.316. The Bertz CT molecular complexity index is 791. The molecule has 128 valence electrons. The van der Waals surface area contributed by atoms with Crippen LogP contribution in [0.15, 0.2) is 54.6 Å². The van der Waals surface area contributed by atoms with Gasteiger partial charge in [0, 0.05) is 0 Å². The Morgan fingerprint density at radius 2 is 1.71 bits per heavy atom. The van der Waals surface area contributed by atoms with Gasteiger partial charge in [0.25, 0.3) is 0 Å². The van der Waals surface area contributed by atoms with Gasteiger partial charge in [-0.1, -0.05) is 30.3 Å². The maximum Gasteiger partial charge on any atom is 0.245 e. The molecule has 0 radical (unpaired) electrons. The first kappa shape index (κ1) is 17.8. The lowest BCUT2D eigenvalue weighted by atomic mass is 10.3. The zero-order valence-electron chi connectivity index (χ0n) is 13.6. The maximum atomic E-state index is 12.3. The van der Waals surface area contributed by atoms with Crippen LogP contribution in [-0.4, -0.2) is 33.7 Å². The monoisotopic (exact) mass is 348 g/mol. The van der Waals surface area contributed by atoms with E-state index in [1.165, 1.54) is 0 Å². The van der Waals surface area contributed by atoms with Gasteiger partial charge in [-0.15, -0.1) is 0 Å². The predicted octanol–water partition coefficient (Wildman–Crippen LogP) is 2.49. The fourth-order valence-electron chi connectivity index (χ4n) is 2.17. The van der Waals surface area contributed by atoms with Gasteiger partial charge in [-0.2, -0.15) is 0 Å². The van der Waals surface area contributed by atoms with Gasteiger partial charge in [0.15, 0.2) is 0 Å². The Kier molecular flexibility index (Phi) is 5.81. The summed E-state index contributed by atoms with van der Waals surface area (Å²) in [5, 5.41) is 2.70. The summed E-state index contributed by atoms with van der Waals surface area (Å²) in [4.78, 5) is 12.3. The number of nitrogens with zero attached hydrogens (tertiary/aromatic N) is 1. The first-order chi connectivity index (χ1) is 11.4. The quantitative estimate of drug-likeness (QED) is 0.834. The van der Waals surface area contributed by atoms with Crippen molar-refractivity contribution in [3.63, 3.8) is 0 Å². The minimum atomic E-state index is -3.58. The van der Waals surface area contributed by atoms with E-state index in [0.29, 0.717) is 23.7 Å². The van der Waals surface area contributed by atoms with Crippen molar-refractivity contribution in [1.82, 2.24) is 0 Å². The number of sulfonamides is 1. The van der Waals surface area contributed by atoms with Gasteiger partial charge in [-0.3, -0.25) is 9.10 Å². The molecule has 0 spiro atoms. The lowest BCUT2D eigenvalue weighted by Crippen LogP contribution is -2.37. The number of carbonyl (C=O) groups is 1. The van der Waals surface area contributed by atoms with Crippen molar-refractivity contribution in [2.45, 2.75) is 6.92 Å². The maximum absolute atomic E-state index is 12.3. The fraction of sp³-hybridized carbons (Fsp3) is 0.235. The average molecular weight is 348 g/mol. The van der Waals surface area contributed by atoms with E-state index >= 15 is 0 Å². The Labute approximate surface area is 142 Å². The number of nitrogens with one attached hydrogen (secondary N) is 1. The summed E-state index contributed by atoms with van der Waals surface area (Å²) >= 11 is 0. The second-order valence-corrected chi connectivity index (χ2v) is 6.99. The van der Waals surface area contributed by atoms with Crippen LogP contribution < -0.4 is 14.4 Å². The lowest BCUT2D eigenvalue weighted by Gasteiger charge is -2.22. The highest BCUT2D eigenvalue weighted by Gasteiger charge is 2.21. The summed E-state index contributed by atoms with van der Waals surface area (Å²) in [7, 11) is -3.58.